The van der Waals surface area contributed by atoms with Crippen LogP contribution in [0.1, 0.15) is 0 Å². The van der Waals surface area contributed by atoms with E-state index in [-0.39, 0.29) is 12.3 Å². The molecule has 0 saturated heterocycles. The van der Waals surface area contributed by atoms with Gasteiger partial charge in [-0.3, -0.25) is 0 Å². The summed E-state index contributed by atoms with van der Waals surface area (Å²) in [6.07, 6.45) is 0. The van der Waals surface area contributed by atoms with Crippen molar-refractivity contribution >= 4 is 32.8 Å². The molecule has 0 radical (unpaired) electrons. The maximum Gasteiger partial charge on any atom is 0.213 e. The number of rotatable bonds is 8. The Morgan fingerprint density at radius 1 is 1.04 bits per heavy atom. The van der Waals surface area contributed by atoms with E-state index >= 15 is 0 Å². The van der Waals surface area contributed by atoms with Crippen molar-refractivity contribution < 1.29 is 8.42 Å². The summed E-state index contributed by atoms with van der Waals surface area (Å²) >= 11 is 1.62. The van der Waals surface area contributed by atoms with Gasteiger partial charge in [-0.1, -0.05) is 35.5 Å². The van der Waals surface area contributed by atoms with Gasteiger partial charge in [0, 0.05) is 17.2 Å². The second-order valence-electron chi connectivity index (χ2n) is 5.18. The first-order valence-electron chi connectivity index (χ1n) is 7.57. The van der Waals surface area contributed by atoms with Crippen LogP contribution < -0.4 is 4.72 Å². The van der Waals surface area contributed by atoms with E-state index in [1.807, 2.05) is 54.6 Å². The summed E-state index contributed by atoms with van der Waals surface area (Å²) in [6, 6.07) is 17.4. The van der Waals surface area contributed by atoms with Crippen LogP contribution in [-0.2, 0) is 16.6 Å². The molecule has 0 spiro atoms. The number of sulfonamides is 1. The second-order valence-corrected chi connectivity index (χ2v) is 8.27. The van der Waals surface area contributed by atoms with Gasteiger partial charge in [-0.25, -0.2) is 17.8 Å². The summed E-state index contributed by atoms with van der Waals surface area (Å²) in [5.41, 5.74) is 1.61. The molecule has 0 amide bonds. The molecule has 1 N–H and O–H groups in total. The number of nitrogens with zero attached hydrogens (tertiary/aromatic N) is 3. The van der Waals surface area contributed by atoms with Crippen molar-refractivity contribution in [3.8, 4) is 0 Å². The lowest BCUT2D eigenvalue weighted by molar-refractivity contribution is 0.569. The van der Waals surface area contributed by atoms with Gasteiger partial charge in [-0.05, 0) is 24.3 Å². The summed E-state index contributed by atoms with van der Waals surface area (Å²) in [6.45, 7) is 0.682. The molecule has 3 aromatic rings. The van der Waals surface area contributed by atoms with Crippen molar-refractivity contribution in [2.24, 2.45) is 0 Å². The molecule has 0 atom stereocenters. The number of fused-ring (bicyclic) bond motifs is 1. The van der Waals surface area contributed by atoms with Crippen molar-refractivity contribution in [1.82, 2.24) is 19.7 Å². The van der Waals surface area contributed by atoms with Crippen molar-refractivity contribution in [2.75, 3.05) is 18.1 Å². The number of hydrogen-bond acceptors (Lipinski definition) is 5. The quantitative estimate of drug-likeness (QED) is 0.491. The molecule has 8 heteroatoms. The minimum absolute atomic E-state index is 0.0175. The lowest BCUT2D eigenvalue weighted by Crippen LogP contribution is -2.30. The first-order chi connectivity index (χ1) is 11.6. The zero-order valence-electron chi connectivity index (χ0n) is 13.0. The number of benzene rings is 2. The van der Waals surface area contributed by atoms with Crippen LogP contribution in [0.25, 0.3) is 11.0 Å². The zero-order valence-corrected chi connectivity index (χ0v) is 14.6. The Bertz CT molecular complexity index is 895. The Kier molecular flexibility index (Phi) is 5.49. The topological polar surface area (TPSA) is 76.9 Å². The SMILES string of the molecule is O=S(=O)(CCn1nnc2ccccc21)NCCSc1ccccc1. The van der Waals surface area contributed by atoms with E-state index in [0.29, 0.717) is 12.3 Å². The molecular formula is C16H18N4O2S2. The minimum atomic E-state index is -3.33. The van der Waals surface area contributed by atoms with Crippen LogP contribution in [0.3, 0.4) is 0 Å². The number of hydrogen-bond donors (Lipinski definition) is 1. The van der Waals surface area contributed by atoms with Crippen LogP contribution in [0.15, 0.2) is 59.5 Å². The highest BCUT2D eigenvalue weighted by atomic mass is 32.2. The molecule has 2 aromatic carbocycles. The molecule has 3 rings (SSSR count). The Morgan fingerprint density at radius 2 is 1.79 bits per heavy atom. The van der Waals surface area contributed by atoms with Gasteiger partial charge in [-0.2, -0.15) is 0 Å². The number of nitrogens with one attached hydrogen (secondary N) is 1. The van der Waals surface area contributed by atoms with Gasteiger partial charge in [0.15, 0.2) is 0 Å². The van der Waals surface area contributed by atoms with E-state index < -0.39 is 10.0 Å². The first kappa shape index (κ1) is 16.9. The molecule has 1 heterocycles. The monoisotopic (exact) mass is 362 g/mol. The van der Waals surface area contributed by atoms with Crippen molar-refractivity contribution in [1.29, 1.82) is 0 Å². The van der Waals surface area contributed by atoms with Gasteiger partial charge >= 0.3 is 0 Å². The highest BCUT2D eigenvalue weighted by Gasteiger charge is 2.12. The third kappa shape index (κ3) is 4.56. The summed E-state index contributed by atoms with van der Waals surface area (Å²) in [5.74, 6) is 0.672. The van der Waals surface area contributed by atoms with Gasteiger partial charge in [0.25, 0.3) is 0 Å². The standard InChI is InChI=1S/C16H18N4O2S2/c21-24(22,17-10-12-23-14-6-2-1-3-7-14)13-11-20-16-9-5-4-8-15(16)18-19-20/h1-9,17H,10-13H2. The van der Waals surface area contributed by atoms with Crippen LogP contribution in [0.4, 0.5) is 0 Å². The molecule has 0 saturated carbocycles. The van der Waals surface area contributed by atoms with Gasteiger partial charge < -0.3 is 0 Å². The largest absolute Gasteiger partial charge is 0.244 e. The molecule has 24 heavy (non-hydrogen) atoms. The molecule has 0 aliphatic carbocycles. The molecule has 0 unspecified atom stereocenters. The van der Waals surface area contributed by atoms with Crippen LogP contribution >= 0.6 is 11.8 Å². The molecule has 1 aromatic heterocycles. The molecule has 0 aliphatic rings. The van der Waals surface area contributed by atoms with Crippen LogP contribution in [0.2, 0.25) is 0 Å². The maximum atomic E-state index is 12.1. The number of aryl methyl sites for hydroxylation is 1. The van der Waals surface area contributed by atoms with Crippen LogP contribution in [0.5, 0.6) is 0 Å². The zero-order chi connectivity index (χ0) is 16.8. The minimum Gasteiger partial charge on any atom is -0.244 e. The summed E-state index contributed by atoms with van der Waals surface area (Å²) in [5, 5.41) is 8.03. The average Bonchev–Trinajstić information content (AvgIpc) is 3.01. The van der Waals surface area contributed by atoms with Gasteiger partial charge in [0.1, 0.15) is 5.52 Å². The Hall–Kier alpha value is -1.90. The predicted molar refractivity (Wildman–Crippen MR) is 96.5 cm³/mol. The van der Waals surface area contributed by atoms with Crippen LogP contribution in [-0.4, -0.2) is 41.5 Å². The highest BCUT2D eigenvalue weighted by Crippen LogP contribution is 2.16. The second kappa shape index (κ2) is 7.78. The lowest BCUT2D eigenvalue weighted by atomic mass is 10.3. The Labute approximate surface area is 145 Å². The fraction of sp³-hybridized carbons (Fsp3) is 0.250. The number of aromatic nitrogens is 3. The Morgan fingerprint density at radius 3 is 2.62 bits per heavy atom. The third-order valence-electron chi connectivity index (χ3n) is 3.43. The molecule has 126 valence electrons. The van der Waals surface area contributed by atoms with Crippen molar-refractivity contribution in [3.05, 3.63) is 54.6 Å². The van der Waals surface area contributed by atoms with E-state index in [4.69, 9.17) is 0 Å². The molecule has 0 bridgehead atoms. The lowest BCUT2D eigenvalue weighted by Gasteiger charge is -2.07. The predicted octanol–water partition coefficient (Wildman–Crippen LogP) is 2.14. The Balaban J connectivity index is 1.47. The average molecular weight is 362 g/mol. The normalized spacial score (nSPS) is 11.8. The summed E-state index contributed by atoms with van der Waals surface area (Å²) < 4.78 is 28.4. The molecule has 6 nitrogen and oxygen atoms in total. The van der Waals surface area contributed by atoms with Gasteiger partial charge in [0.05, 0.1) is 17.8 Å². The van der Waals surface area contributed by atoms with Gasteiger partial charge in [-0.15, -0.1) is 16.9 Å². The smallest absolute Gasteiger partial charge is 0.213 e. The fourth-order valence-electron chi connectivity index (χ4n) is 2.24. The highest BCUT2D eigenvalue weighted by molar-refractivity contribution is 7.99. The third-order valence-corrected chi connectivity index (χ3v) is 5.81. The van der Waals surface area contributed by atoms with E-state index in [1.165, 1.54) is 0 Å². The van der Waals surface area contributed by atoms with Crippen molar-refractivity contribution in [3.63, 3.8) is 0 Å². The molecule has 0 fully saturated rings. The molecule has 0 aliphatic heterocycles. The van der Waals surface area contributed by atoms with Crippen LogP contribution in [0, 0.1) is 0 Å². The summed E-state index contributed by atoms with van der Waals surface area (Å²) in [4.78, 5) is 1.13. The summed E-state index contributed by atoms with van der Waals surface area (Å²) in [7, 11) is -3.33. The van der Waals surface area contributed by atoms with E-state index in [9.17, 15) is 8.42 Å². The van der Waals surface area contributed by atoms with Gasteiger partial charge in [0.2, 0.25) is 10.0 Å². The van der Waals surface area contributed by atoms with Crippen molar-refractivity contribution in [2.45, 2.75) is 11.4 Å². The number of thioether (sulfide) groups is 1. The first-order valence-corrected chi connectivity index (χ1v) is 10.2. The van der Waals surface area contributed by atoms with E-state index in [1.54, 1.807) is 16.4 Å². The maximum absolute atomic E-state index is 12.1. The number of para-hydroxylation sites is 1. The fourth-order valence-corrected chi connectivity index (χ4v) is 4.13. The van der Waals surface area contributed by atoms with E-state index in [0.717, 1.165) is 15.9 Å². The van der Waals surface area contributed by atoms with E-state index in [2.05, 4.69) is 15.0 Å². The molecular weight excluding hydrogens is 344 g/mol.